The van der Waals surface area contributed by atoms with Crippen molar-refractivity contribution >= 4 is 31.7 Å². The Morgan fingerprint density at radius 2 is 1.72 bits per heavy atom. The number of carbonyl (C=O) groups is 2. The number of pyridine rings is 2. The number of ether oxygens (including phenoxy) is 4. The molecule has 0 saturated carbocycles. The van der Waals surface area contributed by atoms with Crippen LogP contribution in [0.25, 0.3) is 11.3 Å². The van der Waals surface area contributed by atoms with E-state index in [0.29, 0.717) is 63.0 Å². The predicted molar refractivity (Wildman–Crippen MR) is 212 cm³/mol. The van der Waals surface area contributed by atoms with E-state index in [1.54, 1.807) is 20.8 Å². The van der Waals surface area contributed by atoms with Crippen LogP contribution in [0.3, 0.4) is 0 Å². The average Bonchev–Trinajstić information content (AvgIpc) is 3.58. The summed E-state index contributed by atoms with van der Waals surface area (Å²) in [6.45, 7) is 20.4. The molecule has 2 N–H and O–H groups in total. The van der Waals surface area contributed by atoms with Gasteiger partial charge in [-0.1, -0.05) is 27.7 Å². The van der Waals surface area contributed by atoms with Crippen LogP contribution < -0.4 is 25.0 Å². The topological polar surface area (TPSA) is 133 Å². The summed E-state index contributed by atoms with van der Waals surface area (Å²) in [5.41, 5.74) is -0.696. The van der Waals surface area contributed by atoms with E-state index in [1.165, 1.54) is 6.20 Å². The van der Waals surface area contributed by atoms with Gasteiger partial charge in [0.15, 0.2) is 8.32 Å². The lowest BCUT2D eigenvalue weighted by Gasteiger charge is -2.49. The third-order valence-electron chi connectivity index (χ3n) is 10.8. The summed E-state index contributed by atoms with van der Waals surface area (Å²) in [4.78, 5) is 37.8. The van der Waals surface area contributed by atoms with Gasteiger partial charge < -0.3 is 38.9 Å². The summed E-state index contributed by atoms with van der Waals surface area (Å²) in [6, 6.07) is 3.51. The minimum atomic E-state index is -2.30. The number of alkyl carbamates (subject to hydrolysis) is 1. The molecule has 3 aliphatic heterocycles. The van der Waals surface area contributed by atoms with Crippen molar-refractivity contribution < 1.29 is 46.1 Å². The molecule has 6 rings (SSSR count). The molecule has 2 saturated heterocycles. The zero-order valence-electron chi connectivity index (χ0n) is 34.2. The Kier molecular flexibility index (Phi) is 12.2. The number of carbonyl (C=O) groups excluding carboxylic acids is 2. The van der Waals surface area contributed by atoms with E-state index in [2.05, 4.69) is 66.3 Å². The fourth-order valence-corrected chi connectivity index (χ4v) is 8.53. The van der Waals surface area contributed by atoms with Gasteiger partial charge in [0, 0.05) is 49.7 Å². The van der Waals surface area contributed by atoms with E-state index in [-0.39, 0.29) is 34.6 Å². The molecular weight excluding hydrogens is 760 g/mol. The molecule has 2 amide bonds. The van der Waals surface area contributed by atoms with Crippen molar-refractivity contribution in [3.8, 4) is 22.9 Å². The molecule has 1 unspecified atom stereocenters. The van der Waals surface area contributed by atoms with Gasteiger partial charge in [-0.3, -0.25) is 4.79 Å². The van der Waals surface area contributed by atoms with Crippen LogP contribution in [0.1, 0.15) is 77.4 Å². The highest BCUT2D eigenvalue weighted by atomic mass is 28.4. The molecule has 12 nitrogen and oxygen atoms in total. The lowest BCUT2D eigenvalue weighted by molar-refractivity contribution is 0.00720. The Balaban J connectivity index is 1.30. The number of piperidine rings is 1. The van der Waals surface area contributed by atoms with Gasteiger partial charge in [0.25, 0.3) is 5.91 Å². The fourth-order valence-electron chi connectivity index (χ4n) is 7.10. The molecule has 0 bridgehead atoms. The standard InChI is InChI=1S/C41H54F3N5O7Si/c1-23-20-49(21-32(48-39(51)55-40(2,3)4)36(23)56-57(8,9)41(5,6)7)35-26-14-16-53-38(26)45-19-31(35)47-37(50)30-13-12-27(42)34(46-30)33-28(43)17-25(18-29(33)44)54-24-11-10-15-52-22-24/h12-13,17-19,23-24,32,36H,10-11,14-16,20-22H2,1-9H3,(H,47,50)(H,48,51)/t23-,24?,32+,36+/m0/s1. The van der Waals surface area contributed by atoms with Crippen LogP contribution in [0.15, 0.2) is 30.5 Å². The molecule has 57 heavy (non-hydrogen) atoms. The number of aromatic nitrogens is 2. The Bertz CT molecular complexity index is 1960. The van der Waals surface area contributed by atoms with E-state index >= 15 is 13.2 Å². The molecule has 2 aromatic heterocycles. The van der Waals surface area contributed by atoms with Gasteiger partial charge in [0.1, 0.15) is 46.3 Å². The lowest BCUT2D eigenvalue weighted by Crippen LogP contribution is -2.63. The molecule has 310 valence electrons. The number of benzene rings is 1. The second-order valence-corrected chi connectivity index (χ2v) is 22.3. The molecule has 4 atom stereocenters. The van der Waals surface area contributed by atoms with Crippen molar-refractivity contribution in [2.24, 2.45) is 5.92 Å². The molecule has 2 fully saturated rings. The molecule has 0 radical (unpaired) electrons. The molecule has 3 aromatic rings. The number of rotatable bonds is 9. The number of anilines is 2. The number of nitrogens with zero attached hydrogens (tertiary/aromatic N) is 3. The summed E-state index contributed by atoms with van der Waals surface area (Å²) >= 11 is 0. The van der Waals surface area contributed by atoms with Crippen LogP contribution in [0.5, 0.6) is 11.6 Å². The van der Waals surface area contributed by atoms with Crippen molar-refractivity contribution in [1.29, 1.82) is 0 Å². The van der Waals surface area contributed by atoms with Gasteiger partial charge in [-0.05, 0) is 63.9 Å². The first-order valence-electron chi connectivity index (χ1n) is 19.5. The molecule has 0 spiro atoms. The number of hydrogen-bond donors (Lipinski definition) is 2. The van der Waals surface area contributed by atoms with Crippen molar-refractivity contribution in [1.82, 2.24) is 15.3 Å². The first-order valence-corrected chi connectivity index (χ1v) is 22.4. The van der Waals surface area contributed by atoms with Crippen LogP contribution in [0.4, 0.5) is 29.3 Å². The molecule has 0 aliphatic carbocycles. The Morgan fingerprint density at radius 3 is 2.37 bits per heavy atom. The smallest absolute Gasteiger partial charge is 0.408 e. The number of halogens is 3. The fraction of sp³-hybridized carbons (Fsp3) is 0.561. The van der Waals surface area contributed by atoms with Crippen LogP contribution in [0, 0.1) is 23.4 Å². The SMILES string of the molecule is C[C@H]1CN(c2c(NC(=O)c3ccc(F)c(-c4c(F)cc(OC5CCCOC5)cc4F)n3)cnc3c2CCO3)C[C@@H](NC(=O)OC(C)(C)C)[C@@H]1O[Si](C)(C)C(C)(C)C. The Hall–Kier alpha value is -4.41. The number of hydrogen-bond acceptors (Lipinski definition) is 10. The maximum atomic E-state index is 15.5. The first-order chi connectivity index (χ1) is 26.7. The van der Waals surface area contributed by atoms with Gasteiger partial charge in [-0.15, -0.1) is 0 Å². The zero-order valence-corrected chi connectivity index (χ0v) is 35.2. The summed E-state index contributed by atoms with van der Waals surface area (Å²) < 4.78 is 75.8. The second-order valence-electron chi connectivity index (χ2n) is 17.6. The number of fused-ring (bicyclic) bond motifs is 1. The summed E-state index contributed by atoms with van der Waals surface area (Å²) in [7, 11) is -2.30. The van der Waals surface area contributed by atoms with Crippen molar-refractivity contribution in [3.63, 3.8) is 0 Å². The minimum absolute atomic E-state index is 0.0624. The van der Waals surface area contributed by atoms with E-state index < -0.39 is 60.7 Å². The number of nitrogens with one attached hydrogen (secondary N) is 2. The molecular formula is C41H54F3N5O7Si. The summed E-state index contributed by atoms with van der Waals surface area (Å²) in [6.07, 6.45) is 2.11. The summed E-state index contributed by atoms with van der Waals surface area (Å²) in [5, 5.41) is 5.86. The van der Waals surface area contributed by atoms with Crippen LogP contribution in [0.2, 0.25) is 18.1 Å². The van der Waals surface area contributed by atoms with Gasteiger partial charge in [0.05, 0.1) is 48.5 Å². The van der Waals surface area contributed by atoms with E-state index in [4.69, 9.17) is 23.4 Å². The second kappa shape index (κ2) is 16.4. The van der Waals surface area contributed by atoms with Gasteiger partial charge >= 0.3 is 6.09 Å². The first kappa shape index (κ1) is 42.2. The van der Waals surface area contributed by atoms with E-state index in [1.807, 2.05) is 0 Å². The molecule has 1 aromatic carbocycles. The van der Waals surface area contributed by atoms with Gasteiger partial charge in [-0.2, -0.15) is 0 Å². The zero-order chi connectivity index (χ0) is 41.4. The highest BCUT2D eigenvalue weighted by Gasteiger charge is 2.46. The number of amides is 2. The van der Waals surface area contributed by atoms with E-state index in [0.717, 1.165) is 36.2 Å². The van der Waals surface area contributed by atoms with Crippen LogP contribution in [-0.2, 0) is 20.3 Å². The third-order valence-corrected chi connectivity index (χ3v) is 15.3. The average molecular weight is 814 g/mol. The van der Waals surface area contributed by atoms with E-state index in [9.17, 15) is 9.59 Å². The minimum Gasteiger partial charge on any atom is -0.488 e. The van der Waals surface area contributed by atoms with Gasteiger partial charge in [0.2, 0.25) is 5.88 Å². The monoisotopic (exact) mass is 813 g/mol. The largest absolute Gasteiger partial charge is 0.488 e. The van der Waals surface area contributed by atoms with Gasteiger partial charge in [-0.25, -0.2) is 27.9 Å². The third kappa shape index (κ3) is 9.66. The molecule has 5 heterocycles. The maximum absolute atomic E-state index is 15.5. The quantitative estimate of drug-likeness (QED) is 0.205. The Morgan fingerprint density at radius 1 is 1.00 bits per heavy atom. The van der Waals surface area contributed by atoms with Crippen molar-refractivity contribution in [3.05, 3.63) is 59.2 Å². The highest BCUT2D eigenvalue weighted by Crippen LogP contribution is 2.43. The van der Waals surface area contributed by atoms with Crippen LogP contribution >= 0.6 is 0 Å². The normalized spacial score (nSPS) is 21.4. The predicted octanol–water partition coefficient (Wildman–Crippen LogP) is 8.05. The summed E-state index contributed by atoms with van der Waals surface area (Å²) in [5.74, 6) is -3.71. The molecule has 16 heteroatoms. The highest BCUT2D eigenvalue weighted by molar-refractivity contribution is 6.74. The van der Waals surface area contributed by atoms with Crippen LogP contribution in [-0.4, -0.2) is 87.0 Å². The lowest BCUT2D eigenvalue weighted by atomic mass is 9.91. The molecule has 3 aliphatic rings. The van der Waals surface area contributed by atoms with Crippen molar-refractivity contribution in [2.45, 2.75) is 110 Å². The Labute approximate surface area is 333 Å². The maximum Gasteiger partial charge on any atom is 0.408 e. The van der Waals surface area contributed by atoms with Crippen molar-refractivity contribution in [2.75, 3.05) is 43.1 Å².